The van der Waals surface area contributed by atoms with Gasteiger partial charge in [-0.1, -0.05) is 46.0 Å². The van der Waals surface area contributed by atoms with E-state index in [2.05, 4.69) is 24.1 Å². The molecule has 2 nitrogen and oxygen atoms in total. The summed E-state index contributed by atoms with van der Waals surface area (Å²) in [5.41, 5.74) is 0. The standard InChI is InChI=1S/C15H32N2/c1-3-17(4-2)13-12-16-14-15-10-8-6-5-7-9-11-15/h15-16H,3-14H2,1-2H3. The second kappa shape index (κ2) is 9.90. The van der Waals surface area contributed by atoms with Crippen molar-refractivity contribution in [1.29, 1.82) is 0 Å². The molecule has 0 aromatic heterocycles. The minimum absolute atomic E-state index is 0.951. The van der Waals surface area contributed by atoms with Gasteiger partial charge in [0.25, 0.3) is 0 Å². The molecule has 0 heterocycles. The lowest BCUT2D eigenvalue weighted by Gasteiger charge is -2.22. The maximum atomic E-state index is 3.66. The van der Waals surface area contributed by atoms with Crippen LogP contribution in [0.2, 0.25) is 0 Å². The van der Waals surface area contributed by atoms with Crippen LogP contribution >= 0.6 is 0 Å². The van der Waals surface area contributed by atoms with E-state index in [1.807, 2.05) is 0 Å². The number of rotatable bonds is 7. The monoisotopic (exact) mass is 240 g/mol. The molecule has 102 valence electrons. The lowest BCUT2D eigenvalue weighted by Crippen LogP contribution is -2.34. The van der Waals surface area contributed by atoms with Crippen molar-refractivity contribution in [2.45, 2.75) is 58.8 Å². The molecule has 0 amide bonds. The van der Waals surface area contributed by atoms with Crippen molar-refractivity contribution in [1.82, 2.24) is 10.2 Å². The third-order valence-electron chi connectivity index (χ3n) is 4.16. The second-order valence-electron chi connectivity index (χ2n) is 5.44. The topological polar surface area (TPSA) is 15.3 Å². The lowest BCUT2D eigenvalue weighted by atomic mass is 9.91. The van der Waals surface area contributed by atoms with Gasteiger partial charge in [0.1, 0.15) is 0 Å². The molecule has 1 rings (SSSR count). The van der Waals surface area contributed by atoms with Gasteiger partial charge in [0.15, 0.2) is 0 Å². The van der Waals surface area contributed by atoms with Crippen molar-refractivity contribution in [3.63, 3.8) is 0 Å². The summed E-state index contributed by atoms with van der Waals surface area (Å²) in [7, 11) is 0. The van der Waals surface area contributed by atoms with Gasteiger partial charge in [0.2, 0.25) is 0 Å². The van der Waals surface area contributed by atoms with Crippen molar-refractivity contribution in [3.05, 3.63) is 0 Å². The maximum absolute atomic E-state index is 3.66. The summed E-state index contributed by atoms with van der Waals surface area (Å²) >= 11 is 0. The Morgan fingerprint density at radius 2 is 1.53 bits per heavy atom. The van der Waals surface area contributed by atoms with Gasteiger partial charge in [0.05, 0.1) is 0 Å². The Bertz CT molecular complexity index is 158. The lowest BCUT2D eigenvalue weighted by molar-refractivity contribution is 0.293. The Balaban J connectivity index is 2.03. The first-order valence-electron chi connectivity index (χ1n) is 7.79. The zero-order chi connectivity index (χ0) is 12.3. The fourth-order valence-electron chi connectivity index (χ4n) is 2.83. The van der Waals surface area contributed by atoms with Crippen LogP contribution < -0.4 is 5.32 Å². The van der Waals surface area contributed by atoms with Crippen LogP contribution in [0.1, 0.15) is 58.8 Å². The van der Waals surface area contributed by atoms with Crippen LogP contribution in [0.25, 0.3) is 0 Å². The van der Waals surface area contributed by atoms with Crippen molar-refractivity contribution in [2.75, 3.05) is 32.7 Å². The summed E-state index contributed by atoms with van der Waals surface area (Å²) in [4.78, 5) is 2.49. The molecule has 0 aromatic carbocycles. The highest BCUT2D eigenvalue weighted by atomic mass is 15.1. The van der Waals surface area contributed by atoms with Gasteiger partial charge >= 0.3 is 0 Å². The summed E-state index contributed by atoms with van der Waals surface area (Å²) in [6.45, 7) is 10.5. The number of nitrogens with one attached hydrogen (secondary N) is 1. The van der Waals surface area contributed by atoms with Gasteiger partial charge < -0.3 is 10.2 Å². The minimum Gasteiger partial charge on any atom is -0.315 e. The molecule has 1 aliphatic rings. The molecule has 0 radical (unpaired) electrons. The quantitative estimate of drug-likeness (QED) is 0.687. The summed E-state index contributed by atoms with van der Waals surface area (Å²) < 4.78 is 0. The van der Waals surface area contributed by atoms with Crippen molar-refractivity contribution >= 4 is 0 Å². The highest BCUT2D eigenvalue weighted by Crippen LogP contribution is 2.21. The van der Waals surface area contributed by atoms with E-state index >= 15 is 0 Å². The molecule has 0 unspecified atom stereocenters. The van der Waals surface area contributed by atoms with E-state index in [1.54, 1.807) is 0 Å². The Labute approximate surface area is 108 Å². The normalized spacial score (nSPS) is 19.2. The van der Waals surface area contributed by atoms with Crippen LogP contribution in [-0.4, -0.2) is 37.6 Å². The van der Waals surface area contributed by atoms with Crippen LogP contribution in [-0.2, 0) is 0 Å². The molecule has 0 atom stereocenters. The molecule has 0 saturated heterocycles. The highest BCUT2D eigenvalue weighted by Gasteiger charge is 2.10. The molecule has 0 spiro atoms. The number of hydrogen-bond acceptors (Lipinski definition) is 2. The average molecular weight is 240 g/mol. The molecule has 0 bridgehead atoms. The Morgan fingerprint density at radius 1 is 0.941 bits per heavy atom. The summed E-state index contributed by atoms with van der Waals surface area (Å²) in [5.74, 6) is 0.951. The number of hydrogen-bond donors (Lipinski definition) is 1. The molecule has 2 heteroatoms. The third kappa shape index (κ3) is 7.05. The van der Waals surface area contributed by atoms with E-state index in [-0.39, 0.29) is 0 Å². The minimum atomic E-state index is 0.951. The SMILES string of the molecule is CCN(CC)CCNCC1CCCCCCC1. The van der Waals surface area contributed by atoms with Gasteiger partial charge in [-0.3, -0.25) is 0 Å². The molecule has 1 fully saturated rings. The molecule has 1 saturated carbocycles. The van der Waals surface area contributed by atoms with E-state index < -0.39 is 0 Å². The largest absolute Gasteiger partial charge is 0.315 e. The summed E-state index contributed by atoms with van der Waals surface area (Å²) in [6, 6.07) is 0. The van der Waals surface area contributed by atoms with Gasteiger partial charge in [-0.05, 0) is 38.4 Å². The first-order chi connectivity index (χ1) is 8.36. The Morgan fingerprint density at radius 3 is 2.12 bits per heavy atom. The van der Waals surface area contributed by atoms with Gasteiger partial charge in [-0.15, -0.1) is 0 Å². The van der Waals surface area contributed by atoms with Crippen LogP contribution in [0.4, 0.5) is 0 Å². The third-order valence-corrected chi connectivity index (χ3v) is 4.16. The van der Waals surface area contributed by atoms with E-state index in [1.165, 1.54) is 71.1 Å². The van der Waals surface area contributed by atoms with E-state index in [9.17, 15) is 0 Å². The Hall–Kier alpha value is -0.0800. The van der Waals surface area contributed by atoms with Crippen molar-refractivity contribution in [3.8, 4) is 0 Å². The first kappa shape index (κ1) is 15.0. The van der Waals surface area contributed by atoms with Crippen LogP contribution in [0.15, 0.2) is 0 Å². The smallest absolute Gasteiger partial charge is 0.0107 e. The fraction of sp³-hybridized carbons (Fsp3) is 1.00. The molecule has 1 aliphatic carbocycles. The van der Waals surface area contributed by atoms with Crippen LogP contribution in [0.3, 0.4) is 0 Å². The van der Waals surface area contributed by atoms with Crippen LogP contribution in [0, 0.1) is 5.92 Å². The van der Waals surface area contributed by atoms with E-state index in [4.69, 9.17) is 0 Å². The van der Waals surface area contributed by atoms with Gasteiger partial charge in [-0.2, -0.15) is 0 Å². The van der Waals surface area contributed by atoms with Crippen LogP contribution in [0.5, 0.6) is 0 Å². The maximum Gasteiger partial charge on any atom is 0.0107 e. The number of nitrogens with zero attached hydrogens (tertiary/aromatic N) is 1. The summed E-state index contributed by atoms with van der Waals surface area (Å²) in [6.07, 6.45) is 10.2. The molecule has 0 aromatic rings. The number of likely N-dealkylation sites (N-methyl/N-ethyl adjacent to an activating group) is 1. The van der Waals surface area contributed by atoms with E-state index in [0.29, 0.717) is 0 Å². The predicted octanol–water partition coefficient (Wildman–Crippen LogP) is 3.28. The summed E-state index contributed by atoms with van der Waals surface area (Å²) in [5, 5.41) is 3.66. The van der Waals surface area contributed by atoms with Crippen molar-refractivity contribution in [2.24, 2.45) is 5.92 Å². The highest BCUT2D eigenvalue weighted by molar-refractivity contribution is 4.67. The fourth-order valence-corrected chi connectivity index (χ4v) is 2.83. The molecular formula is C15H32N2. The predicted molar refractivity (Wildman–Crippen MR) is 76.5 cm³/mol. The molecule has 0 aliphatic heterocycles. The van der Waals surface area contributed by atoms with E-state index in [0.717, 1.165) is 12.5 Å². The zero-order valence-electron chi connectivity index (χ0n) is 12.0. The zero-order valence-corrected chi connectivity index (χ0v) is 12.0. The van der Waals surface area contributed by atoms with Gasteiger partial charge in [-0.25, -0.2) is 0 Å². The average Bonchev–Trinajstić information content (AvgIpc) is 2.31. The molecular weight excluding hydrogens is 208 g/mol. The second-order valence-corrected chi connectivity index (χ2v) is 5.44. The Kier molecular flexibility index (Phi) is 8.72. The van der Waals surface area contributed by atoms with Gasteiger partial charge in [0, 0.05) is 13.1 Å². The molecule has 1 N–H and O–H groups in total. The first-order valence-corrected chi connectivity index (χ1v) is 7.79. The van der Waals surface area contributed by atoms with Crippen molar-refractivity contribution < 1.29 is 0 Å². The molecule has 17 heavy (non-hydrogen) atoms.